The molecule has 2 heterocycles. The zero-order chi connectivity index (χ0) is 19.6. The second kappa shape index (κ2) is 7.98. The van der Waals surface area contributed by atoms with E-state index in [1.54, 1.807) is 18.4 Å². The van der Waals surface area contributed by atoms with Crippen LogP contribution in [0.1, 0.15) is 53.9 Å². The monoisotopic (exact) mass is 387 g/mol. The molecule has 1 aromatic carbocycles. The van der Waals surface area contributed by atoms with Crippen molar-refractivity contribution in [2.75, 3.05) is 20.2 Å². The van der Waals surface area contributed by atoms with Crippen molar-refractivity contribution >= 4 is 17.2 Å². The van der Waals surface area contributed by atoms with Crippen LogP contribution in [0, 0.1) is 13.8 Å². The second-order valence-electron chi connectivity index (χ2n) is 7.66. The SMILES string of the molecule is COc1ccc(C2CCCN2C(=O)CNC(C)(C)c2nc(C)c(C)s2)cc1. The lowest BCUT2D eigenvalue weighted by Crippen LogP contribution is -2.44. The average molecular weight is 388 g/mol. The maximum Gasteiger partial charge on any atom is 0.237 e. The number of amides is 1. The van der Waals surface area contributed by atoms with Gasteiger partial charge in [0.15, 0.2) is 0 Å². The van der Waals surface area contributed by atoms with E-state index in [1.807, 2.05) is 24.0 Å². The van der Waals surface area contributed by atoms with Crippen molar-refractivity contribution in [3.8, 4) is 5.75 Å². The third-order valence-corrected chi connectivity index (χ3v) is 6.72. The summed E-state index contributed by atoms with van der Waals surface area (Å²) in [4.78, 5) is 20.8. The summed E-state index contributed by atoms with van der Waals surface area (Å²) >= 11 is 1.70. The zero-order valence-corrected chi connectivity index (χ0v) is 17.7. The normalized spacial score (nSPS) is 17.4. The smallest absolute Gasteiger partial charge is 0.237 e. The summed E-state index contributed by atoms with van der Waals surface area (Å²) in [5.74, 6) is 0.985. The second-order valence-corrected chi connectivity index (χ2v) is 8.86. The average Bonchev–Trinajstić information content (AvgIpc) is 3.27. The molecule has 0 radical (unpaired) electrons. The van der Waals surface area contributed by atoms with E-state index in [9.17, 15) is 4.79 Å². The van der Waals surface area contributed by atoms with Crippen LogP contribution in [0.25, 0.3) is 0 Å². The Morgan fingerprint density at radius 2 is 2.04 bits per heavy atom. The molecule has 1 amide bonds. The van der Waals surface area contributed by atoms with Gasteiger partial charge in [0, 0.05) is 11.4 Å². The highest BCUT2D eigenvalue weighted by Gasteiger charge is 2.32. The van der Waals surface area contributed by atoms with E-state index in [4.69, 9.17) is 4.74 Å². The summed E-state index contributed by atoms with van der Waals surface area (Å²) in [6.45, 7) is 9.41. The van der Waals surface area contributed by atoms with Gasteiger partial charge in [-0.15, -0.1) is 11.3 Å². The number of hydrogen-bond donors (Lipinski definition) is 1. The molecule has 3 rings (SSSR count). The molecule has 27 heavy (non-hydrogen) atoms. The molecule has 1 aliphatic rings. The van der Waals surface area contributed by atoms with Gasteiger partial charge in [-0.05, 0) is 58.2 Å². The molecule has 1 atom stereocenters. The number of carbonyl (C=O) groups is 1. The van der Waals surface area contributed by atoms with Gasteiger partial charge in [0.2, 0.25) is 5.91 Å². The molecule has 1 unspecified atom stereocenters. The highest BCUT2D eigenvalue weighted by molar-refractivity contribution is 7.11. The molecule has 1 N–H and O–H groups in total. The summed E-state index contributed by atoms with van der Waals surface area (Å²) in [5.41, 5.74) is 1.91. The fraction of sp³-hybridized carbons (Fsp3) is 0.524. The summed E-state index contributed by atoms with van der Waals surface area (Å²) in [7, 11) is 1.67. The Hall–Kier alpha value is -1.92. The number of benzene rings is 1. The summed E-state index contributed by atoms with van der Waals surface area (Å²) in [6.07, 6.45) is 2.04. The molecule has 5 nitrogen and oxygen atoms in total. The van der Waals surface area contributed by atoms with Crippen LogP contribution in [-0.2, 0) is 10.3 Å². The first-order valence-corrected chi connectivity index (χ1v) is 10.3. The van der Waals surface area contributed by atoms with Gasteiger partial charge >= 0.3 is 0 Å². The van der Waals surface area contributed by atoms with Crippen LogP contribution in [0.4, 0.5) is 0 Å². The van der Waals surface area contributed by atoms with E-state index >= 15 is 0 Å². The van der Waals surface area contributed by atoms with Crippen molar-refractivity contribution in [2.24, 2.45) is 0 Å². The quantitative estimate of drug-likeness (QED) is 0.815. The van der Waals surface area contributed by atoms with Gasteiger partial charge in [0.25, 0.3) is 0 Å². The molecule has 6 heteroatoms. The summed E-state index contributed by atoms with van der Waals surface area (Å²) in [5, 5.41) is 4.45. The minimum atomic E-state index is -0.325. The van der Waals surface area contributed by atoms with Gasteiger partial charge in [0.1, 0.15) is 10.8 Å². The number of nitrogens with one attached hydrogen (secondary N) is 1. The maximum absolute atomic E-state index is 12.9. The van der Waals surface area contributed by atoms with E-state index in [1.165, 1.54) is 10.4 Å². The largest absolute Gasteiger partial charge is 0.497 e. The van der Waals surface area contributed by atoms with Crippen LogP contribution in [0.2, 0.25) is 0 Å². The molecule has 0 aliphatic carbocycles. The zero-order valence-electron chi connectivity index (χ0n) is 16.8. The first-order chi connectivity index (χ1) is 12.8. The van der Waals surface area contributed by atoms with Crippen LogP contribution in [0.5, 0.6) is 5.75 Å². The van der Waals surface area contributed by atoms with E-state index in [-0.39, 0.29) is 17.5 Å². The third kappa shape index (κ3) is 4.33. The molecule has 146 valence electrons. The molecule has 1 fully saturated rings. The predicted molar refractivity (Wildman–Crippen MR) is 109 cm³/mol. The van der Waals surface area contributed by atoms with E-state index in [0.29, 0.717) is 6.54 Å². The summed E-state index contributed by atoms with van der Waals surface area (Å²) in [6, 6.07) is 8.20. The van der Waals surface area contributed by atoms with Gasteiger partial charge in [-0.1, -0.05) is 12.1 Å². The van der Waals surface area contributed by atoms with Gasteiger partial charge < -0.3 is 9.64 Å². The fourth-order valence-corrected chi connectivity index (χ4v) is 4.44. The standard InChI is InChI=1S/C21H29N3O2S/c1-14-15(2)27-20(23-14)21(3,4)22-13-19(25)24-12-6-7-18(24)16-8-10-17(26-5)11-9-16/h8-11,18,22H,6-7,12-13H2,1-5H3. The summed E-state index contributed by atoms with van der Waals surface area (Å²) < 4.78 is 5.24. The maximum atomic E-state index is 12.9. The molecule has 1 saturated heterocycles. The number of rotatable bonds is 6. The van der Waals surface area contributed by atoms with Crippen molar-refractivity contribution in [1.29, 1.82) is 0 Å². The third-order valence-electron chi connectivity index (χ3n) is 5.32. The number of likely N-dealkylation sites (tertiary alicyclic amines) is 1. The number of ether oxygens (including phenoxy) is 1. The Kier molecular flexibility index (Phi) is 5.86. The van der Waals surface area contributed by atoms with Crippen LogP contribution < -0.4 is 10.1 Å². The molecule has 0 bridgehead atoms. The highest BCUT2D eigenvalue weighted by atomic mass is 32.1. The van der Waals surface area contributed by atoms with Crippen molar-refractivity contribution in [1.82, 2.24) is 15.2 Å². The number of methoxy groups -OCH3 is 1. The van der Waals surface area contributed by atoms with E-state index in [2.05, 4.69) is 43.2 Å². The van der Waals surface area contributed by atoms with Crippen molar-refractivity contribution in [3.63, 3.8) is 0 Å². The molecule has 2 aromatic rings. The first kappa shape index (κ1) is 19.8. The van der Waals surface area contributed by atoms with Crippen molar-refractivity contribution in [3.05, 3.63) is 45.4 Å². The minimum absolute atomic E-state index is 0.145. The Balaban J connectivity index is 1.65. The Bertz CT molecular complexity index is 779. The van der Waals surface area contributed by atoms with Gasteiger partial charge in [-0.25, -0.2) is 4.98 Å². The lowest BCUT2D eigenvalue weighted by atomic mass is 10.0. The number of aryl methyl sites for hydroxylation is 2. The van der Waals surface area contributed by atoms with Crippen LogP contribution in [0.15, 0.2) is 24.3 Å². The fourth-order valence-electron chi connectivity index (χ4n) is 3.45. The Labute approximate surface area is 165 Å². The lowest BCUT2D eigenvalue weighted by Gasteiger charge is -2.29. The van der Waals surface area contributed by atoms with Gasteiger partial charge in [-0.2, -0.15) is 0 Å². The number of thiazole rings is 1. The topological polar surface area (TPSA) is 54.5 Å². The van der Waals surface area contributed by atoms with Crippen LogP contribution in [-0.4, -0.2) is 36.0 Å². The molecule has 1 aromatic heterocycles. The predicted octanol–water partition coefficient (Wildman–Crippen LogP) is 3.96. The van der Waals surface area contributed by atoms with Crippen LogP contribution >= 0.6 is 11.3 Å². The molecular weight excluding hydrogens is 358 g/mol. The number of hydrogen-bond acceptors (Lipinski definition) is 5. The van der Waals surface area contributed by atoms with Crippen molar-refractivity contribution < 1.29 is 9.53 Å². The molecule has 0 spiro atoms. The van der Waals surface area contributed by atoms with E-state index in [0.717, 1.165) is 35.8 Å². The number of nitrogens with zero attached hydrogens (tertiary/aromatic N) is 2. The Morgan fingerprint density at radius 3 is 2.63 bits per heavy atom. The van der Waals surface area contributed by atoms with Gasteiger partial charge in [0.05, 0.1) is 30.9 Å². The Morgan fingerprint density at radius 1 is 1.33 bits per heavy atom. The molecule has 0 saturated carbocycles. The van der Waals surface area contributed by atoms with Crippen LogP contribution in [0.3, 0.4) is 0 Å². The molecule has 1 aliphatic heterocycles. The minimum Gasteiger partial charge on any atom is -0.497 e. The first-order valence-electron chi connectivity index (χ1n) is 9.45. The molecular formula is C21H29N3O2S. The van der Waals surface area contributed by atoms with E-state index < -0.39 is 0 Å². The number of aromatic nitrogens is 1. The van der Waals surface area contributed by atoms with Gasteiger partial charge in [-0.3, -0.25) is 10.1 Å². The number of carbonyl (C=O) groups excluding carboxylic acids is 1. The highest BCUT2D eigenvalue weighted by Crippen LogP contribution is 2.33. The lowest BCUT2D eigenvalue weighted by molar-refractivity contribution is -0.131. The van der Waals surface area contributed by atoms with Crippen molar-refractivity contribution in [2.45, 2.75) is 52.1 Å².